The summed E-state index contributed by atoms with van der Waals surface area (Å²) in [6, 6.07) is 2.82. The maximum Gasteiger partial charge on any atom is 0.416 e. The standard InChI is InChI=1S/C16H11F4N3O5S2/c1-2-29(25,26)13-6-11(30(20,27)28)8-21-14(13)23-15(24)12-5-10(16(17,18)19)4-3-9(12)7-22-23/h3-8H,2H2,1H3. The molecule has 0 aliphatic rings. The van der Waals surface area contributed by atoms with Gasteiger partial charge in [-0.15, -0.1) is 3.89 Å². The zero-order chi connectivity index (χ0) is 22.5. The quantitative estimate of drug-likeness (QED) is 0.429. The van der Waals surface area contributed by atoms with Crippen molar-refractivity contribution in [1.29, 1.82) is 0 Å². The lowest BCUT2D eigenvalue weighted by molar-refractivity contribution is -0.137. The number of aromatic nitrogens is 3. The van der Waals surface area contributed by atoms with Crippen LogP contribution in [-0.4, -0.2) is 37.4 Å². The molecule has 1 aromatic carbocycles. The molecular formula is C16H11F4N3O5S2. The molecule has 0 N–H and O–H groups in total. The van der Waals surface area contributed by atoms with Crippen molar-refractivity contribution >= 4 is 30.8 Å². The molecule has 2 aromatic heterocycles. The minimum Gasteiger partial charge on any atom is -0.267 e. The van der Waals surface area contributed by atoms with Crippen LogP contribution in [0.25, 0.3) is 16.6 Å². The van der Waals surface area contributed by atoms with E-state index in [1.807, 2.05) is 0 Å². The van der Waals surface area contributed by atoms with Gasteiger partial charge in [0.05, 0.1) is 29.1 Å². The Morgan fingerprint density at radius 2 is 1.73 bits per heavy atom. The van der Waals surface area contributed by atoms with Crippen LogP contribution in [0.15, 0.2) is 51.2 Å². The third kappa shape index (κ3) is 3.92. The molecule has 0 atom stereocenters. The predicted molar refractivity (Wildman–Crippen MR) is 96.2 cm³/mol. The molecule has 0 unspecified atom stereocenters. The summed E-state index contributed by atoms with van der Waals surface area (Å²) in [5, 5.41) is 3.34. The van der Waals surface area contributed by atoms with Crippen molar-refractivity contribution in [2.45, 2.75) is 22.9 Å². The average molecular weight is 465 g/mol. The summed E-state index contributed by atoms with van der Waals surface area (Å²) in [6.45, 7) is 1.21. The monoisotopic (exact) mass is 465 g/mol. The van der Waals surface area contributed by atoms with Crippen molar-refractivity contribution in [1.82, 2.24) is 14.8 Å². The Hall–Kier alpha value is -2.87. The summed E-state index contributed by atoms with van der Waals surface area (Å²) < 4.78 is 99.7. The van der Waals surface area contributed by atoms with Crippen LogP contribution < -0.4 is 5.56 Å². The van der Waals surface area contributed by atoms with Gasteiger partial charge in [0.2, 0.25) is 0 Å². The molecule has 8 nitrogen and oxygen atoms in total. The average Bonchev–Trinajstić information content (AvgIpc) is 2.66. The zero-order valence-corrected chi connectivity index (χ0v) is 16.5. The van der Waals surface area contributed by atoms with E-state index >= 15 is 0 Å². The number of fused-ring (bicyclic) bond motifs is 1. The molecule has 14 heteroatoms. The molecule has 0 amide bonds. The highest BCUT2D eigenvalue weighted by atomic mass is 32.3. The second-order valence-electron chi connectivity index (χ2n) is 6.00. The summed E-state index contributed by atoms with van der Waals surface area (Å²) in [7, 11) is -9.55. The van der Waals surface area contributed by atoms with Crippen LogP contribution in [0.3, 0.4) is 0 Å². The van der Waals surface area contributed by atoms with E-state index in [0.29, 0.717) is 23.0 Å². The van der Waals surface area contributed by atoms with Crippen LogP contribution in [0.2, 0.25) is 0 Å². The van der Waals surface area contributed by atoms with E-state index in [4.69, 9.17) is 0 Å². The van der Waals surface area contributed by atoms with Crippen LogP contribution in [0, 0.1) is 0 Å². The third-order valence-electron chi connectivity index (χ3n) is 4.12. The van der Waals surface area contributed by atoms with E-state index in [0.717, 1.165) is 18.3 Å². The second kappa shape index (κ2) is 7.12. The highest BCUT2D eigenvalue weighted by Crippen LogP contribution is 2.30. The maximum absolute atomic E-state index is 13.3. The van der Waals surface area contributed by atoms with Crippen molar-refractivity contribution < 1.29 is 33.9 Å². The first kappa shape index (κ1) is 21.8. The number of hydrogen-bond donors (Lipinski definition) is 0. The molecule has 0 aliphatic carbocycles. The van der Waals surface area contributed by atoms with Gasteiger partial charge in [0.1, 0.15) is 9.79 Å². The normalized spacial score (nSPS) is 13.0. The number of sulfone groups is 1. The Kier molecular flexibility index (Phi) is 5.18. The number of pyridine rings is 1. The van der Waals surface area contributed by atoms with Gasteiger partial charge < -0.3 is 0 Å². The molecule has 3 rings (SSSR count). The number of nitrogens with zero attached hydrogens (tertiary/aromatic N) is 3. The summed E-state index contributed by atoms with van der Waals surface area (Å²) in [5.41, 5.74) is -2.24. The van der Waals surface area contributed by atoms with Crippen molar-refractivity contribution in [3.8, 4) is 5.82 Å². The third-order valence-corrected chi connectivity index (χ3v) is 6.64. The molecule has 0 saturated heterocycles. The van der Waals surface area contributed by atoms with Gasteiger partial charge in [-0.1, -0.05) is 13.0 Å². The minimum absolute atomic E-state index is 0.0482. The van der Waals surface area contributed by atoms with Crippen LogP contribution in [0.5, 0.6) is 0 Å². The number of benzene rings is 1. The summed E-state index contributed by atoms with van der Waals surface area (Å²) in [4.78, 5) is 14.4. The van der Waals surface area contributed by atoms with Gasteiger partial charge in [-0.05, 0) is 18.2 Å². The first-order valence-corrected chi connectivity index (χ1v) is 11.1. The number of halogens is 4. The van der Waals surface area contributed by atoms with Crippen molar-refractivity contribution in [3.05, 3.63) is 52.6 Å². The van der Waals surface area contributed by atoms with Gasteiger partial charge in [0, 0.05) is 5.39 Å². The van der Waals surface area contributed by atoms with Crippen LogP contribution in [0.4, 0.5) is 17.1 Å². The Balaban J connectivity index is 2.37. The van der Waals surface area contributed by atoms with E-state index in [1.54, 1.807) is 0 Å². The van der Waals surface area contributed by atoms with Crippen molar-refractivity contribution in [2.75, 3.05) is 5.75 Å². The van der Waals surface area contributed by atoms with Gasteiger partial charge in [0.25, 0.3) is 5.56 Å². The van der Waals surface area contributed by atoms with E-state index < -0.39 is 64.1 Å². The highest BCUT2D eigenvalue weighted by Gasteiger charge is 2.31. The van der Waals surface area contributed by atoms with E-state index in [9.17, 15) is 38.7 Å². The zero-order valence-electron chi connectivity index (χ0n) is 14.9. The van der Waals surface area contributed by atoms with E-state index in [1.165, 1.54) is 6.92 Å². The lowest BCUT2D eigenvalue weighted by Gasteiger charge is -2.12. The molecule has 2 heterocycles. The van der Waals surface area contributed by atoms with Crippen LogP contribution in [0.1, 0.15) is 12.5 Å². The van der Waals surface area contributed by atoms with Gasteiger partial charge in [-0.25, -0.2) is 13.4 Å². The fourth-order valence-electron chi connectivity index (χ4n) is 2.56. The minimum atomic E-state index is -5.32. The summed E-state index contributed by atoms with van der Waals surface area (Å²) in [5.74, 6) is -1.23. The number of rotatable bonds is 4. The molecule has 160 valence electrons. The molecule has 0 bridgehead atoms. The van der Waals surface area contributed by atoms with Gasteiger partial charge in [0.15, 0.2) is 15.7 Å². The lowest BCUT2D eigenvalue weighted by atomic mass is 10.1. The largest absolute Gasteiger partial charge is 0.416 e. The molecule has 0 saturated carbocycles. The van der Waals surface area contributed by atoms with Gasteiger partial charge in [-0.2, -0.15) is 31.4 Å². The van der Waals surface area contributed by atoms with Crippen molar-refractivity contribution in [2.24, 2.45) is 0 Å². The Morgan fingerprint density at radius 3 is 2.30 bits per heavy atom. The van der Waals surface area contributed by atoms with Gasteiger partial charge >= 0.3 is 16.4 Å². The molecule has 0 fully saturated rings. The predicted octanol–water partition coefficient (Wildman–Crippen LogP) is 2.25. The fraction of sp³-hybridized carbons (Fsp3) is 0.188. The summed E-state index contributed by atoms with van der Waals surface area (Å²) >= 11 is 0. The second-order valence-corrected chi connectivity index (χ2v) is 9.59. The molecule has 0 radical (unpaired) electrons. The smallest absolute Gasteiger partial charge is 0.267 e. The molecule has 0 aliphatic heterocycles. The van der Waals surface area contributed by atoms with Crippen LogP contribution >= 0.6 is 0 Å². The number of alkyl halides is 3. The SMILES string of the molecule is CCS(=O)(=O)c1cc(S(=O)(=O)F)cnc1-n1ncc2ccc(C(F)(F)F)cc2c1=O. The molecule has 0 spiro atoms. The maximum atomic E-state index is 13.3. The topological polar surface area (TPSA) is 116 Å². The Morgan fingerprint density at radius 1 is 1.07 bits per heavy atom. The van der Waals surface area contributed by atoms with Crippen molar-refractivity contribution in [3.63, 3.8) is 0 Å². The highest BCUT2D eigenvalue weighted by molar-refractivity contribution is 7.91. The Bertz CT molecular complexity index is 1430. The first-order valence-electron chi connectivity index (χ1n) is 8.03. The first-order chi connectivity index (χ1) is 13.8. The summed E-state index contributed by atoms with van der Waals surface area (Å²) in [6.07, 6.45) is -3.24. The number of hydrogen-bond acceptors (Lipinski definition) is 7. The molecule has 30 heavy (non-hydrogen) atoms. The van der Waals surface area contributed by atoms with E-state index in [-0.39, 0.29) is 5.39 Å². The van der Waals surface area contributed by atoms with Gasteiger partial charge in [-0.3, -0.25) is 4.79 Å². The molecule has 3 aromatic rings. The Labute approximate surface area is 166 Å². The fourth-order valence-corrected chi connectivity index (χ4v) is 4.11. The van der Waals surface area contributed by atoms with Crippen LogP contribution in [-0.2, 0) is 26.2 Å². The lowest BCUT2D eigenvalue weighted by Crippen LogP contribution is -2.25. The molecular weight excluding hydrogens is 454 g/mol. The van der Waals surface area contributed by atoms with E-state index in [2.05, 4.69) is 10.1 Å².